The first-order valence-electron chi connectivity index (χ1n) is 6.30. The molecule has 0 radical (unpaired) electrons. The average Bonchev–Trinajstić information content (AvgIpc) is 3.17. The zero-order valence-corrected chi connectivity index (χ0v) is 12.7. The zero-order valence-electron chi connectivity index (χ0n) is 11.1. The smallest absolute Gasteiger partial charge is 0.273 e. The van der Waals surface area contributed by atoms with Crippen LogP contribution in [0.2, 0.25) is 0 Å². The van der Waals surface area contributed by atoms with Crippen LogP contribution in [0, 0.1) is 23.0 Å². The number of halogens is 1. The molecule has 1 aliphatic carbocycles. The minimum Gasteiger partial charge on any atom is -0.377 e. The second kappa shape index (κ2) is 5.09. The molecule has 5 nitrogen and oxygen atoms in total. The molecule has 1 fully saturated rings. The van der Waals surface area contributed by atoms with Crippen molar-refractivity contribution in [2.45, 2.75) is 32.2 Å². The van der Waals surface area contributed by atoms with Crippen molar-refractivity contribution in [2.75, 3.05) is 11.9 Å². The molecular weight excluding hydrogens is 310 g/mol. The topological polar surface area (TPSA) is 81.2 Å². The second-order valence-corrected chi connectivity index (χ2v) is 6.25. The van der Waals surface area contributed by atoms with Crippen molar-refractivity contribution in [1.82, 2.24) is 0 Å². The highest BCUT2D eigenvalue weighted by atomic mass is 79.9. The maximum atomic E-state index is 10.9. The summed E-state index contributed by atoms with van der Waals surface area (Å²) in [6, 6.07) is 3.35. The molecule has 19 heavy (non-hydrogen) atoms. The number of aryl methyl sites for hydroxylation is 1. The molecular formula is C13H18BrN3O2. The summed E-state index contributed by atoms with van der Waals surface area (Å²) in [6.45, 7) is 4.39. The number of nitrogens with two attached hydrogens (primary N) is 1. The predicted octanol–water partition coefficient (Wildman–Crippen LogP) is 3.21. The number of hydrogen-bond acceptors (Lipinski definition) is 4. The highest BCUT2D eigenvalue weighted by Crippen LogP contribution is 2.42. The van der Waals surface area contributed by atoms with Crippen molar-refractivity contribution in [2.24, 2.45) is 11.7 Å². The molecule has 3 N–H and O–H groups in total. The molecule has 1 saturated carbocycles. The number of hydrogen-bond donors (Lipinski definition) is 2. The number of nitro groups is 1. The molecule has 2 rings (SSSR count). The summed E-state index contributed by atoms with van der Waals surface area (Å²) in [5.41, 5.74) is 7.36. The Labute approximate surface area is 120 Å². The van der Waals surface area contributed by atoms with Crippen molar-refractivity contribution in [3.63, 3.8) is 0 Å². The molecule has 6 heteroatoms. The van der Waals surface area contributed by atoms with Gasteiger partial charge >= 0.3 is 0 Å². The van der Waals surface area contributed by atoms with Crippen LogP contribution >= 0.6 is 15.9 Å². The summed E-state index contributed by atoms with van der Waals surface area (Å²) in [7, 11) is 0. The number of anilines is 1. The molecule has 0 spiro atoms. The van der Waals surface area contributed by atoms with E-state index in [1.807, 2.05) is 0 Å². The minimum absolute atomic E-state index is 0.123. The van der Waals surface area contributed by atoms with E-state index < -0.39 is 0 Å². The Bertz CT molecular complexity index is 517. The molecule has 1 atom stereocenters. The largest absolute Gasteiger partial charge is 0.377 e. The Hall–Kier alpha value is -1.14. The van der Waals surface area contributed by atoms with Gasteiger partial charge in [0, 0.05) is 33.9 Å². The van der Waals surface area contributed by atoms with Crippen LogP contribution in [-0.4, -0.2) is 17.0 Å². The van der Waals surface area contributed by atoms with Gasteiger partial charge in [-0.2, -0.15) is 0 Å². The van der Waals surface area contributed by atoms with E-state index in [-0.39, 0.29) is 16.1 Å². The molecule has 0 amide bonds. The van der Waals surface area contributed by atoms with Gasteiger partial charge in [0.2, 0.25) is 0 Å². The summed E-state index contributed by atoms with van der Waals surface area (Å²) >= 11 is 3.39. The number of nitrogens with zero attached hydrogens (tertiary/aromatic N) is 1. The van der Waals surface area contributed by atoms with E-state index in [0.29, 0.717) is 22.5 Å². The molecule has 0 heterocycles. The van der Waals surface area contributed by atoms with E-state index in [4.69, 9.17) is 5.73 Å². The van der Waals surface area contributed by atoms with Crippen LogP contribution in [-0.2, 0) is 0 Å². The Balaban J connectivity index is 2.30. The monoisotopic (exact) mass is 327 g/mol. The number of rotatable bonds is 5. The Kier molecular flexibility index (Phi) is 3.82. The van der Waals surface area contributed by atoms with Gasteiger partial charge in [-0.05, 0) is 54.6 Å². The van der Waals surface area contributed by atoms with Crippen molar-refractivity contribution in [3.8, 4) is 0 Å². The fourth-order valence-corrected chi connectivity index (χ4v) is 2.74. The first kappa shape index (κ1) is 14.3. The second-order valence-electron chi connectivity index (χ2n) is 5.40. The van der Waals surface area contributed by atoms with Gasteiger partial charge in [-0.3, -0.25) is 10.1 Å². The standard InChI is InChI=1S/C13H18BrN3O2/c1-8-5-11(10(14)6-12(8)17(18)19)16-13(2,7-15)9-3-4-9/h5-6,9,16H,3-4,7,15H2,1-2H3. The number of nitro benzene ring substituents is 1. The van der Waals surface area contributed by atoms with Gasteiger partial charge in [0.05, 0.1) is 4.92 Å². The molecule has 1 aliphatic rings. The lowest BCUT2D eigenvalue weighted by molar-refractivity contribution is -0.385. The Morgan fingerprint density at radius 1 is 1.58 bits per heavy atom. The van der Waals surface area contributed by atoms with Crippen molar-refractivity contribution >= 4 is 27.3 Å². The lowest BCUT2D eigenvalue weighted by atomic mass is 9.95. The van der Waals surface area contributed by atoms with Crippen LogP contribution in [0.5, 0.6) is 0 Å². The Morgan fingerprint density at radius 3 is 2.68 bits per heavy atom. The summed E-state index contributed by atoms with van der Waals surface area (Å²) in [6.07, 6.45) is 2.37. The van der Waals surface area contributed by atoms with Gasteiger partial charge in [-0.1, -0.05) is 0 Å². The molecule has 1 unspecified atom stereocenters. The maximum absolute atomic E-state index is 10.9. The summed E-state index contributed by atoms with van der Waals surface area (Å²) in [5.74, 6) is 0.583. The number of nitrogens with one attached hydrogen (secondary N) is 1. The van der Waals surface area contributed by atoms with Gasteiger partial charge in [0.25, 0.3) is 5.69 Å². The first-order valence-corrected chi connectivity index (χ1v) is 7.09. The lowest BCUT2D eigenvalue weighted by Gasteiger charge is -2.31. The van der Waals surface area contributed by atoms with Gasteiger partial charge in [-0.25, -0.2) is 0 Å². The van der Waals surface area contributed by atoms with Gasteiger partial charge < -0.3 is 11.1 Å². The molecule has 0 aromatic heterocycles. The molecule has 0 bridgehead atoms. The normalized spacial score (nSPS) is 17.9. The van der Waals surface area contributed by atoms with Crippen molar-refractivity contribution in [1.29, 1.82) is 0 Å². The molecule has 104 valence electrons. The third kappa shape index (κ3) is 2.90. The summed E-state index contributed by atoms with van der Waals surface area (Å²) in [4.78, 5) is 10.5. The van der Waals surface area contributed by atoms with Crippen molar-refractivity contribution in [3.05, 3.63) is 32.3 Å². The van der Waals surface area contributed by atoms with Crippen LogP contribution < -0.4 is 11.1 Å². The fourth-order valence-electron chi connectivity index (χ4n) is 2.31. The Morgan fingerprint density at radius 2 is 2.21 bits per heavy atom. The van der Waals surface area contributed by atoms with Crippen LogP contribution in [0.1, 0.15) is 25.3 Å². The summed E-state index contributed by atoms with van der Waals surface area (Å²) in [5, 5.41) is 14.3. The first-order chi connectivity index (χ1) is 8.87. The minimum atomic E-state index is -0.368. The van der Waals surface area contributed by atoms with E-state index in [1.165, 1.54) is 12.8 Å². The summed E-state index contributed by atoms with van der Waals surface area (Å²) < 4.78 is 0.699. The van der Waals surface area contributed by atoms with E-state index in [1.54, 1.807) is 19.1 Å². The molecule has 1 aromatic rings. The fraction of sp³-hybridized carbons (Fsp3) is 0.538. The van der Waals surface area contributed by atoms with Gasteiger partial charge in [0.15, 0.2) is 0 Å². The zero-order chi connectivity index (χ0) is 14.2. The van der Waals surface area contributed by atoms with Crippen LogP contribution in [0.15, 0.2) is 16.6 Å². The lowest BCUT2D eigenvalue weighted by Crippen LogP contribution is -2.44. The average molecular weight is 328 g/mol. The molecule has 0 saturated heterocycles. The third-order valence-electron chi connectivity index (χ3n) is 3.80. The van der Waals surface area contributed by atoms with Crippen LogP contribution in [0.4, 0.5) is 11.4 Å². The van der Waals surface area contributed by atoms with Gasteiger partial charge in [-0.15, -0.1) is 0 Å². The van der Waals surface area contributed by atoms with E-state index in [2.05, 4.69) is 28.2 Å². The highest BCUT2D eigenvalue weighted by molar-refractivity contribution is 9.10. The third-order valence-corrected chi connectivity index (χ3v) is 4.46. The quantitative estimate of drug-likeness (QED) is 0.642. The highest BCUT2D eigenvalue weighted by Gasteiger charge is 2.40. The SMILES string of the molecule is Cc1cc(NC(C)(CN)C2CC2)c(Br)cc1[N+](=O)[O-]. The van der Waals surface area contributed by atoms with E-state index >= 15 is 0 Å². The maximum Gasteiger partial charge on any atom is 0.273 e. The molecule has 0 aliphatic heterocycles. The van der Waals surface area contributed by atoms with E-state index in [0.717, 1.165) is 5.69 Å². The van der Waals surface area contributed by atoms with Crippen molar-refractivity contribution < 1.29 is 4.92 Å². The van der Waals surface area contributed by atoms with E-state index in [9.17, 15) is 10.1 Å². The predicted molar refractivity (Wildman–Crippen MR) is 79.3 cm³/mol. The van der Waals surface area contributed by atoms with Gasteiger partial charge in [0.1, 0.15) is 0 Å². The number of benzene rings is 1. The molecule has 1 aromatic carbocycles. The van der Waals surface area contributed by atoms with Crippen LogP contribution in [0.25, 0.3) is 0 Å². The van der Waals surface area contributed by atoms with Crippen LogP contribution in [0.3, 0.4) is 0 Å².